The molecule has 1 amide bonds. The fourth-order valence-electron chi connectivity index (χ4n) is 3.01. The number of hydrogen-bond acceptors (Lipinski definition) is 4. The van der Waals surface area contributed by atoms with Crippen LogP contribution in [0.25, 0.3) is 10.8 Å². The van der Waals surface area contributed by atoms with Crippen LogP contribution in [0.4, 0.5) is 5.69 Å². The van der Waals surface area contributed by atoms with E-state index in [9.17, 15) is 9.59 Å². The molecular formula is C25H18ClNO3S. The molecule has 4 aromatic carbocycles. The molecule has 0 aliphatic carbocycles. The van der Waals surface area contributed by atoms with Crippen LogP contribution >= 0.6 is 23.4 Å². The van der Waals surface area contributed by atoms with Crippen molar-refractivity contribution in [3.63, 3.8) is 0 Å². The third-order valence-electron chi connectivity index (χ3n) is 4.52. The molecule has 0 saturated heterocycles. The van der Waals surface area contributed by atoms with Crippen molar-refractivity contribution in [3.8, 4) is 0 Å². The highest BCUT2D eigenvalue weighted by Crippen LogP contribution is 2.33. The topological polar surface area (TPSA) is 55.4 Å². The predicted octanol–water partition coefficient (Wildman–Crippen LogP) is 6.44. The maximum absolute atomic E-state index is 12.4. The van der Waals surface area contributed by atoms with Crippen molar-refractivity contribution in [2.45, 2.75) is 9.79 Å². The van der Waals surface area contributed by atoms with Crippen LogP contribution in [0, 0.1) is 0 Å². The van der Waals surface area contributed by atoms with Gasteiger partial charge in [-0.15, -0.1) is 0 Å². The summed E-state index contributed by atoms with van der Waals surface area (Å²) < 4.78 is 5.21. The van der Waals surface area contributed by atoms with Gasteiger partial charge in [0.05, 0.1) is 11.3 Å². The number of esters is 1. The first-order valence-corrected chi connectivity index (χ1v) is 10.8. The Kier molecular flexibility index (Phi) is 6.55. The summed E-state index contributed by atoms with van der Waals surface area (Å²) in [4.78, 5) is 26.6. The average Bonchev–Trinajstić information content (AvgIpc) is 2.80. The molecule has 1 N–H and O–H groups in total. The number of para-hydroxylation sites is 1. The first-order chi connectivity index (χ1) is 15.1. The van der Waals surface area contributed by atoms with E-state index in [1.165, 1.54) is 11.8 Å². The highest BCUT2D eigenvalue weighted by Gasteiger charge is 2.13. The minimum absolute atomic E-state index is 0.369. The summed E-state index contributed by atoms with van der Waals surface area (Å²) in [5.41, 5.74) is 1.05. The third-order valence-corrected chi connectivity index (χ3v) is 5.86. The number of halogens is 1. The lowest BCUT2D eigenvalue weighted by molar-refractivity contribution is -0.119. The van der Waals surface area contributed by atoms with Crippen molar-refractivity contribution in [1.82, 2.24) is 0 Å². The molecule has 0 saturated carbocycles. The van der Waals surface area contributed by atoms with Gasteiger partial charge in [-0.2, -0.15) is 0 Å². The molecule has 0 atom stereocenters. The van der Waals surface area contributed by atoms with Gasteiger partial charge in [0.25, 0.3) is 5.91 Å². The molecule has 4 aromatic rings. The number of carbonyl (C=O) groups is 2. The fourth-order valence-corrected chi connectivity index (χ4v) is 4.03. The number of hydrogen-bond donors (Lipinski definition) is 1. The quantitative estimate of drug-likeness (QED) is 0.345. The van der Waals surface area contributed by atoms with E-state index in [4.69, 9.17) is 16.3 Å². The van der Waals surface area contributed by atoms with Gasteiger partial charge in [0.2, 0.25) is 0 Å². The van der Waals surface area contributed by atoms with Crippen LogP contribution in [0.1, 0.15) is 10.4 Å². The number of amides is 1. The zero-order chi connectivity index (χ0) is 21.6. The first kappa shape index (κ1) is 21.0. The monoisotopic (exact) mass is 447 g/mol. The molecule has 0 radical (unpaired) electrons. The highest BCUT2D eigenvalue weighted by atomic mass is 35.5. The number of rotatable bonds is 6. The van der Waals surface area contributed by atoms with Crippen LogP contribution in [0.3, 0.4) is 0 Å². The SMILES string of the molecule is O=C(COC(=O)c1ccc2ccccc2c1)Nc1ccccc1Sc1ccc(Cl)cc1. The van der Waals surface area contributed by atoms with Crippen molar-refractivity contribution in [2.75, 3.05) is 11.9 Å². The molecule has 0 spiro atoms. The van der Waals surface area contributed by atoms with E-state index >= 15 is 0 Å². The third kappa shape index (κ3) is 5.45. The van der Waals surface area contributed by atoms with E-state index in [2.05, 4.69) is 5.32 Å². The summed E-state index contributed by atoms with van der Waals surface area (Å²) in [5, 5.41) is 5.45. The molecule has 6 heteroatoms. The molecule has 0 aliphatic heterocycles. The lowest BCUT2D eigenvalue weighted by Gasteiger charge is -2.11. The zero-order valence-electron chi connectivity index (χ0n) is 16.4. The number of fused-ring (bicyclic) bond motifs is 1. The normalized spacial score (nSPS) is 10.6. The first-order valence-electron chi connectivity index (χ1n) is 9.57. The molecule has 0 bridgehead atoms. The Labute approximate surface area is 189 Å². The Morgan fingerprint density at radius 3 is 2.35 bits per heavy atom. The molecule has 4 nitrogen and oxygen atoms in total. The maximum Gasteiger partial charge on any atom is 0.338 e. The summed E-state index contributed by atoms with van der Waals surface area (Å²) in [6, 6.07) is 28.0. The van der Waals surface area contributed by atoms with Crippen LogP contribution < -0.4 is 5.32 Å². The Morgan fingerprint density at radius 1 is 0.839 bits per heavy atom. The van der Waals surface area contributed by atoms with E-state index in [1.807, 2.05) is 72.8 Å². The Balaban J connectivity index is 1.38. The van der Waals surface area contributed by atoms with Gasteiger partial charge < -0.3 is 10.1 Å². The fraction of sp³-hybridized carbons (Fsp3) is 0.0400. The van der Waals surface area contributed by atoms with Crippen LogP contribution in [-0.2, 0) is 9.53 Å². The van der Waals surface area contributed by atoms with Crippen LogP contribution in [-0.4, -0.2) is 18.5 Å². The number of carbonyl (C=O) groups excluding carboxylic acids is 2. The van der Waals surface area contributed by atoms with Crippen molar-refractivity contribution >= 4 is 51.7 Å². The zero-order valence-corrected chi connectivity index (χ0v) is 18.0. The van der Waals surface area contributed by atoms with Crippen LogP contribution in [0.15, 0.2) is 101 Å². The van der Waals surface area contributed by atoms with Gasteiger partial charge in [0.1, 0.15) is 0 Å². The molecule has 0 fully saturated rings. The van der Waals surface area contributed by atoms with Gasteiger partial charge in [-0.25, -0.2) is 4.79 Å². The van der Waals surface area contributed by atoms with Crippen molar-refractivity contribution < 1.29 is 14.3 Å². The number of ether oxygens (including phenoxy) is 1. The standard InChI is InChI=1S/C25H18ClNO3S/c26-20-11-13-21(14-12-20)31-23-8-4-3-7-22(23)27-24(28)16-30-25(29)19-10-9-17-5-1-2-6-18(17)15-19/h1-15H,16H2,(H,27,28). The Hall–Kier alpha value is -3.28. The van der Waals surface area contributed by atoms with Crippen molar-refractivity contribution in [2.24, 2.45) is 0 Å². The van der Waals surface area contributed by atoms with Crippen molar-refractivity contribution in [1.29, 1.82) is 0 Å². The highest BCUT2D eigenvalue weighted by molar-refractivity contribution is 7.99. The Bertz CT molecular complexity index is 1240. The summed E-state index contributed by atoms with van der Waals surface area (Å²) in [6.45, 7) is -0.369. The largest absolute Gasteiger partial charge is 0.452 e. The second-order valence-corrected chi connectivity index (χ2v) is 8.29. The molecule has 0 aromatic heterocycles. The number of anilines is 1. The van der Waals surface area contributed by atoms with Crippen molar-refractivity contribution in [3.05, 3.63) is 102 Å². The summed E-state index contributed by atoms with van der Waals surface area (Å²) in [6.07, 6.45) is 0. The van der Waals surface area contributed by atoms with Gasteiger partial charge in [0, 0.05) is 14.8 Å². The minimum atomic E-state index is -0.537. The lowest BCUT2D eigenvalue weighted by atomic mass is 10.1. The van der Waals surface area contributed by atoms with Crippen LogP contribution in [0.2, 0.25) is 5.02 Å². The molecule has 31 heavy (non-hydrogen) atoms. The average molecular weight is 448 g/mol. The molecule has 0 aliphatic rings. The lowest BCUT2D eigenvalue weighted by Crippen LogP contribution is -2.21. The maximum atomic E-state index is 12.4. The van der Waals surface area contributed by atoms with Crippen LogP contribution in [0.5, 0.6) is 0 Å². The van der Waals surface area contributed by atoms with Gasteiger partial charge in [0.15, 0.2) is 6.61 Å². The molecular weight excluding hydrogens is 430 g/mol. The number of nitrogens with one attached hydrogen (secondary N) is 1. The smallest absolute Gasteiger partial charge is 0.338 e. The summed E-state index contributed by atoms with van der Waals surface area (Å²) in [5.74, 6) is -0.942. The van der Waals surface area contributed by atoms with Gasteiger partial charge in [-0.1, -0.05) is 65.8 Å². The molecule has 154 valence electrons. The second kappa shape index (κ2) is 9.69. The van der Waals surface area contributed by atoms with E-state index in [1.54, 1.807) is 18.2 Å². The molecule has 0 heterocycles. The van der Waals surface area contributed by atoms with E-state index in [-0.39, 0.29) is 6.61 Å². The molecule has 0 unspecified atom stereocenters. The van der Waals surface area contributed by atoms with Gasteiger partial charge in [-0.05, 0) is 59.3 Å². The summed E-state index contributed by atoms with van der Waals surface area (Å²) in [7, 11) is 0. The Morgan fingerprint density at radius 2 is 1.55 bits per heavy atom. The molecule has 4 rings (SSSR count). The predicted molar refractivity (Wildman–Crippen MR) is 125 cm³/mol. The van der Waals surface area contributed by atoms with E-state index in [0.29, 0.717) is 16.3 Å². The minimum Gasteiger partial charge on any atom is -0.452 e. The van der Waals surface area contributed by atoms with E-state index < -0.39 is 11.9 Å². The van der Waals surface area contributed by atoms with Gasteiger partial charge in [-0.3, -0.25) is 4.79 Å². The van der Waals surface area contributed by atoms with Gasteiger partial charge >= 0.3 is 5.97 Å². The number of benzene rings is 4. The summed E-state index contributed by atoms with van der Waals surface area (Å²) >= 11 is 7.45. The van der Waals surface area contributed by atoms with E-state index in [0.717, 1.165) is 20.6 Å². The second-order valence-electron chi connectivity index (χ2n) is 6.74.